The normalized spacial score (nSPS) is 13.2. The van der Waals surface area contributed by atoms with Crippen LogP contribution in [0, 0.1) is 0 Å². The number of hydrogen-bond acceptors (Lipinski definition) is 4. The van der Waals surface area contributed by atoms with Crippen LogP contribution in [-0.4, -0.2) is 27.7 Å². The zero-order valence-electron chi connectivity index (χ0n) is 7.09. The minimum absolute atomic E-state index is 0.183. The number of aliphatic hydroxyl groups is 3. The SMILES string of the molecule is Nc1cccc(CC(O)C(O)O)c1. The van der Waals surface area contributed by atoms with E-state index in [9.17, 15) is 0 Å². The molecule has 0 radical (unpaired) electrons. The van der Waals surface area contributed by atoms with Gasteiger partial charge >= 0.3 is 0 Å². The molecule has 1 atom stereocenters. The van der Waals surface area contributed by atoms with E-state index < -0.39 is 12.4 Å². The first-order chi connectivity index (χ1) is 6.09. The van der Waals surface area contributed by atoms with E-state index in [4.69, 9.17) is 21.1 Å². The molecule has 0 aliphatic carbocycles. The largest absolute Gasteiger partial charge is 0.399 e. The van der Waals surface area contributed by atoms with Crippen LogP contribution >= 0.6 is 0 Å². The first kappa shape index (κ1) is 9.98. The van der Waals surface area contributed by atoms with Gasteiger partial charge in [-0.05, 0) is 17.7 Å². The Balaban J connectivity index is 2.64. The van der Waals surface area contributed by atoms with Crippen molar-refractivity contribution < 1.29 is 15.3 Å². The van der Waals surface area contributed by atoms with Crippen LogP contribution in [0.5, 0.6) is 0 Å². The molecule has 0 saturated heterocycles. The summed E-state index contributed by atoms with van der Waals surface area (Å²) in [6, 6.07) is 6.93. The highest BCUT2D eigenvalue weighted by Crippen LogP contribution is 2.09. The fraction of sp³-hybridized carbons (Fsp3) is 0.333. The monoisotopic (exact) mass is 183 g/mol. The molecule has 72 valence electrons. The third kappa shape index (κ3) is 3.02. The van der Waals surface area contributed by atoms with Gasteiger partial charge in [-0.2, -0.15) is 0 Å². The fourth-order valence-electron chi connectivity index (χ4n) is 1.07. The maximum atomic E-state index is 9.13. The van der Waals surface area contributed by atoms with Crippen LogP contribution in [0.2, 0.25) is 0 Å². The molecular formula is C9H13NO3. The first-order valence-electron chi connectivity index (χ1n) is 3.98. The number of benzene rings is 1. The van der Waals surface area contributed by atoms with Gasteiger partial charge in [-0.1, -0.05) is 12.1 Å². The number of anilines is 1. The molecule has 13 heavy (non-hydrogen) atoms. The van der Waals surface area contributed by atoms with E-state index in [1.165, 1.54) is 0 Å². The summed E-state index contributed by atoms with van der Waals surface area (Å²) in [6.07, 6.45) is -2.69. The Hall–Kier alpha value is -1.10. The molecule has 1 rings (SSSR count). The van der Waals surface area contributed by atoms with Crippen LogP contribution in [0.15, 0.2) is 24.3 Å². The first-order valence-corrected chi connectivity index (χ1v) is 3.98. The molecule has 4 heteroatoms. The minimum Gasteiger partial charge on any atom is -0.399 e. The van der Waals surface area contributed by atoms with Crippen molar-refractivity contribution in [2.24, 2.45) is 0 Å². The fourth-order valence-corrected chi connectivity index (χ4v) is 1.07. The molecule has 0 bridgehead atoms. The number of aliphatic hydroxyl groups excluding tert-OH is 2. The number of nitrogens with two attached hydrogens (primary N) is 1. The van der Waals surface area contributed by atoms with E-state index in [-0.39, 0.29) is 6.42 Å². The summed E-state index contributed by atoms with van der Waals surface area (Å²) < 4.78 is 0. The summed E-state index contributed by atoms with van der Waals surface area (Å²) in [4.78, 5) is 0. The lowest BCUT2D eigenvalue weighted by atomic mass is 10.1. The summed E-state index contributed by atoms with van der Waals surface area (Å²) in [5.41, 5.74) is 6.88. The Labute approximate surface area is 76.2 Å². The summed E-state index contributed by atoms with van der Waals surface area (Å²) in [7, 11) is 0. The van der Waals surface area contributed by atoms with Gasteiger partial charge in [0.2, 0.25) is 0 Å². The number of hydrogen-bond donors (Lipinski definition) is 4. The molecule has 0 amide bonds. The topological polar surface area (TPSA) is 86.7 Å². The molecule has 0 aromatic heterocycles. The molecule has 1 aromatic rings. The summed E-state index contributed by atoms with van der Waals surface area (Å²) in [6.45, 7) is 0. The molecule has 0 heterocycles. The lowest BCUT2D eigenvalue weighted by molar-refractivity contribution is -0.120. The minimum atomic E-state index is -1.71. The van der Waals surface area contributed by atoms with Crippen molar-refractivity contribution >= 4 is 5.69 Å². The van der Waals surface area contributed by atoms with Crippen molar-refractivity contribution in [3.63, 3.8) is 0 Å². The summed E-state index contributed by atoms with van der Waals surface area (Å²) in [5, 5.41) is 26.4. The van der Waals surface area contributed by atoms with E-state index >= 15 is 0 Å². The van der Waals surface area contributed by atoms with Crippen LogP contribution in [-0.2, 0) is 6.42 Å². The van der Waals surface area contributed by atoms with E-state index in [2.05, 4.69) is 0 Å². The maximum Gasteiger partial charge on any atom is 0.178 e. The second-order valence-corrected chi connectivity index (χ2v) is 2.93. The Morgan fingerprint density at radius 2 is 1.92 bits per heavy atom. The van der Waals surface area contributed by atoms with Crippen molar-refractivity contribution in [2.45, 2.75) is 18.8 Å². The molecule has 1 aromatic carbocycles. The van der Waals surface area contributed by atoms with Crippen LogP contribution < -0.4 is 5.73 Å². The highest BCUT2D eigenvalue weighted by molar-refractivity contribution is 5.40. The summed E-state index contributed by atoms with van der Waals surface area (Å²) >= 11 is 0. The molecule has 1 unspecified atom stereocenters. The quantitative estimate of drug-likeness (QED) is 0.375. The van der Waals surface area contributed by atoms with E-state index in [1.54, 1.807) is 24.3 Å². The van der Waals surface area contributed by atoms with Gasteiger partial charge in [-0.3, -0.25) is 0 Å². The molecule has 0 fully saturated rings. The van der Waals surface area contributed by atoms with Crippen molar-refractivity contribution in [1.29, 1.82) is 0 Å². The van der Waals surface area contributed by atoms with Gasteiger partial charge in [0.05, 0.1) is 0 Å². The van der Waals surface area contributed by atoms with Gasteiger partial charge < -0.3 is 21.1 Å². The standard InChI is InChI=1S/C9H13NO3/c10-7-3-1-2-6(4-7)5-8(11)9(12)13/h1-4,8-9,11-13H,5,10H2. The molecule has 0 spiro atoms. The second kappa shape index (κ2) is 4.23. The van der Waals surface area contributed by atoms with Gasteiger partial charge in [0, 0.05) is 12.1 Å². The van der Waals surface area contributed by atoms with Crippen LogP contribution in [0.3, 0.4) is 0 Å². The van der Waals surface area contributed by atoms with E-state index in [0.717, 1.165) is 5.56 Å². The third-order valence-electron chi connectivity index (χ3n) is 1.74. The lowest BCUT2D eigenvalue weighted by Crippen LogP contribution is -2.27. The van der Waals surface area contributed by atoms with Crippen LogP contribution in [0.1, 0.15) is 5.56 Å². The predicted octanol–water partition coefficient (Wildman–Crippen LogP) is -0.517. The predicted molar refractivity (Wildman–Crippen MR) is 48.8 cm³/mol. The summed E-state index contributed by atoms with van der Waals surface area (Å²) in [5.74, 6) is 0. The zero-order chi connectivity index (χ0) is 9.84. The van der Waals surface area contributed by atoms with Crippen molar-refractivity contribution in [2.75, 3.05) is 5.73 Å². The van der Waals surface area contributed by atoms with Crippen LogP contribution in [0.25, 0.3) is 0 Å². The third-order valence-corrected chi connectivity index (χ3v) is 1.74. The zero-order valence-corrected chi connectivity index (χ0v) is 7.09. The average molecular weight is 183 g/mol. The van der Waals surface area contributed by atoms with Crippen molar-refractivity contribution in [3.8, 4) is 0 Å². The van der Waals surface area contributed by atoms with Gasteiger partial charge in [-0.15, -0.1) is 0 Å². The van der Waals surface area contributed by atoms with Crippen molar-refractivity contribution in [3.05, 3.63) is 29.8 Å². The van der Waals surface area contributed by atoms with Crippen LogP contribution in [0.4, 0.5) is 5.69 Å². The van der Waals surface area contributed by atoms with Gasteiger partial charge in [-0.25, -0.2) is 0 Å². The second-order valence-electron chi connectivity index (χ2n) is 2.93. The molecule has 0 aliphatic heterocycles. The van der Waals surface area contributed by atoms with Gasteiger partial charge in [0.1, 0.15) is 6.10 Å². The average Bonchev–Trinajstić information content (AvgIpc) is 2.04. The van der Waals surface area contributed by atoms with Gasteiger partial charge in [0.15, 0.2) is 6.29 Å². The Morgan fingerprint density at radius 3 is 2.46 bits per heavy atom. The molecule has 4 nitrogen and oxygen atoms in total. The Morgan fingerprint density at radius 1 is 1.23 bits per heavy atom. The van der Waals surface area contributed by atoms with Crippen molar-refractivity contribution in [1.82, 2.24) is 0 Å². The molecule has 5 N–H and O–H groups in total. The highest BCUT2D eigenvalue weighted by atomic mass is 16.5. The van der Waals surface area contributed by atoms with E-state index in [0.29, 0.717) is 5.69 Å². The van der Waals surface area contributed by atoms with Gasteiger partial charge in [0.25, 0.3) is 0 Å². The number of nitrogen functional groups attached to an aromatic ring is 1. The maximum absolute atomic E-state index is 9.13. The smallest absolute Gasteiger partial charge is 0.178 e. The molecule has 0 saturated carbocycles. The number of rotatable bonds is 3. The molecular weight excluding hydrogens is 170 g/mol. The Kier molecular flexibility index (Phi) is 3.25. The highest BCUT2D eigenvalue weighted by Gasteiger charge is 2.12. The lowest BCUT2D eigenvalue weighted by Gasteiger charge is -2.12. The van der Waals surface area contributed by atoms with E-state index in [1.807, 2.05) is 0 Å². The molecule has 0 aliphatic rings. The Bertz CT molecular complexity index is 275.